The summed E-state index contributed by atoms with van der Waals surface area (Å²) in [7, 11) is 0. The van der Waals surface area contributed by atoms with Gasteiger partial charge in [-0.2, -0.15) is 5.10 Å². The number of rotatable bonds is 1. The average molecular weight is 454 g/mol. The van der Waals surface area contributed by atoms with E-state index in [1.165, 1.54) is 4.68 Å². The molecule has 3 aliphatic rings. The number of hydrogen-bond acceptors (Lipinski definition) is 8. The maximum Gasteiger partial charge on any atom is 0.328 e. The summed E-state index contributed by atoms with van der Waals surface area (Å²) in [5.41, 5.74) is -1.08. The van der Waals surface area contributed by atoms with Gasteiger partial charge in [0, 0.05) is 25.4 Å². The second kappa shape index (κ2) is 6.61. The van der Waals surface area contributed by atoms with Crippen LogP contribution in [-0.4, -0.2) is 57.6 Å². The number of hydrogen-bond donors (Lipinski definition) is 2. The summed E-state index contributed by atoms with van der Waals surface area (Å²) >= 11 is 0. The second-order valence-corrected chi connectivity index (χ2v) is 8.67. The van der Waals surface area contributed by atoms with Crippen molar-refractivity contribution >= 4 is 34.5 Å². The van der Waals surface area contributed by atoms with Crippen LogP contribution in [0.25, 0.3) is 16.8 Å². The first-order valence-electron chi connectivity index (χ1n) is 10.5. The van der Waals surface area contributed by atoms with Crippen LogP contribution in [0.2, 0.25) is 0 Å². The number of benzene rings is 1. The van der Waals surface area contributed by atoms with Crippen molar-refractivity contribution in [2.24, 2.45) is 5.41 Å². The van der Waals surface area contributed by atoms with Crippen LogP contribution in [0, 0.1) is 11.2 Å². The van der Waals surface area contributed by atoms with Gasteiger partial charge >= 0.3 is 6.03 Å². The van der Waals surface area contributed by atoms with Crippen LogP contribution >= 0.6 is 0 Å². The molecule has 2 fully saturated rings. The van der Waals surface area contributed by atoms with E-state index in [1.807, 2.05) is 6.92 Å². The normalized spacial score (nSPS) is 26.2. The zero-order chi connectivity index (χ0) is 23.1. The monoisotopic (exact) mass is 454 g/mol. The molecule has 1 spiro atoms. The quantitative estimate of drug-likeness (QED) is 0.522. The third kappa shape index (κ3) is 2.55. The zero-order valence-electron chi connectivity index (χ0n) is 17.7. The molecule has 2 saturated heterocycles. The van der Waals surface area contributed by atoms with Crippen molar-refractivity contribution in [2.45, 2.75) is 38.5 Å². The van der Waals surface area contributed by atoms with Crippen molar-refractivity contribution < 1.29 is 28.0 Å². The number of anilines is 1. The topological polar surface area (TPSA) is 132 Å². The van der Waals surface area contributed by atoms with Gasteiger partial charge in [-0.1, -0.05) is 5.16 Å². The van der Waals surface area contributed by atoms with Gasteiger partial charge in [-0.15, -0.1) is 0 Å². The maximum absolute atomic E-state index is 15.9. The predicted molar refractivity (Wildman–Crippen MR) is 110 cm³/mol. The Kier molecular flexibility index (Phi) is 3.97. The molecule has 3 aliphatic heterocycles. The number of amides is 4. The predicted octanol–water partition coefficient (Wildman–Crippen LogP) is 1.04. The number of ether oxygens (including phenoxy) is 1. The maximum atomic E-state index is 15.9. The fourth-order valence-electron chi connectivity index (χ4n) is 5.50. The summed E-state index contributed by atoms with van der Waals surface area (Å²) in [6.07, 6.45) is 2.17. The van der Waals surface area contributed by atoms with Gasteiger partial charge in [0.15, 0.2) is 11.2 Å². The largest absolute Gasteiger partial charge is 0.372 e. The molecule has 2 N–H and O–H groups in total. The summed E-state index contributed by atoms with van der Waals surface area (Å²) < 4.78 is 28.7. The number of fused-ring (bicyclic) bond motifs is 5. The van der Waals surface area contributed by atoms with Crippen LogP contribution < -0.4 is 15.5 Å². The van der Waals surface area contributed by atoms with Gasteiger partial charge in [0.05, 0.1) is 29.3 Å². The molecule has 1 aromatic carbocycles. The number of carbonyl (C=O) groups is 3. The first-order chi connectivity index (χ1) is 15.8. The SMILES string of the molecule is C[C@@H]1CN2c3c(cc4c(-n5cccn5)noc4c3F)CC3(C(=O)NC(=O)NC3=O)[C@H]2[C@H](C)O1. The Morgan fingerprint density at radius 2 is 1.97 bits per heavy atom. The van der Waals surface area contributed by atoms with Crippen molar-refractivity contribution in [2.75, 3.05) is 11.4 Å². The Morgan fingerprint density at radius 1 is 1.21 bits per heavy atom. The summed E-state index contributed by atoms with van der Waals surface area (Å²) in [5, 5.41) is 12.9. The van der Waals surface area contributed by atoms with E-state index in [1.54, 1.807) is 36.4 Å². The van der Waals surface area contributed by atoms with Crippen LogP contribution in [0.5, 0.6) is 0 Å². The summed E-state index contributed by atoms with van der Waals surface area (Å²) in [4.78, 5) is 40.0. The Bertz CT molecular complexity index is 1310. The van der Waals surface area contributed by atoms with E-state index in [0.29, 0.717) is 10.9 Å². The molecular weight excluding hydrogens is 435 g/mol. The first-order valence-corrected chi connectivity index (χ1v) is 10.5. The minimum atomic E-state index is -1.69. The van der Waals surface area contributed by atoms with Crippen molar-refractivity contribution in [3.05, 3.63) is 35.9 Å². The lowest BCUT2D eigenvalue weighted by Crippen LogP contribution is -2.75. The third-order valence-corrected chi connectivity index (χ3v) is 6.67. The van der Waals surface area contributed by atoms with Gasteiger partial charge in [-0.25, -0.2) is 13.9 Å². The molecule has 0 aliphatic carbocycles. The van der Waals surface area contributed by atoms with Gasteiger partial charge in [-0.3, -0.25) is 20.2 Å². The molecule has 0 saturated carbocycles. The van der Waals surface area contributed by atoms with E-state index >= 15 is 4.39 Å². The minimum Gasteiger partial charge on any atom is -0.372 e. The average Bonchev–Trinajstić information content (AvgIpc) is 3.41. The molecule has 12 heteroatoms. The van der Waals surface area contributed by atoms with Crippen LogP contribution in [0.1, 0.15) is 19.4 Å². The molecule has 2 aromatic heterocycles. The fraction of sp³-hybridized carbons (Fsp3) is 0.381. The Balaban J connectivity index is 1.61. The molecule has 4 amide bonds. The highest BCUT2D eigenvalue weighted by Crippen LogP contribution is 2.49. The molecule has 11 nitrogen and oxygen atoms in total. The lowest BCUT2D eigenvalue weighted by Gasteiger charge is -2.55. The molecule has 33 heavy (non-hydrogen) atoms. The second-order valence-electron chi connectivity index (χ2n) is 8.67. The number of urea groups is 1. The number of nitrogens with zero attached hydrogens (tertiary/aromatic N) is 4. The highest BCUT2D eigenvalue weighted by molar-refractivity contribution is 6.20. The van der Waals surface area contributed by atoms with Crippen LogP contribution in [0.3, 0.4) is 0 Å². The minimum absolute atomic E-state index is 0.0477. The Morgan fingerprint density at radius 3 is 2.67 bits per heavy atom. The highest BCUT2D eigenvalue weighted by Gasteiger charge is 2.63. The van der Waals surface area contributed by atoms with Gasteiger partial charge in [-0.05, 0) is 31.5 Å². The van der Waals surface area contributed by atoms with Gasteiger partial charge in [0.2, 0.25) is 23.2 Å². The van der Waals surface area contributed by atoms with E-state index in [0.717, 1.165) is 0 Å². The van der Waals surface area contributed by atoms with E-state index in [-0.39, 0.29) is 36.2 Å². The number of aromatic nitrogens is 3. The van der Waals surface area contributed by atoms with Gasteiger partial charge < -0.3 is 14.2 Å². The third-order valence-electron chi connectivity index (χ3n) is 6.67. The summed E-state index contributed by atoms with van der Waals surface area (Å²) in [5.74, 6) is -1.83. The first kappa shape index (κ1) is 19.9. The van der Waals surface area contributed by atoms with Crippen molar-refractivity contribution in [3.8, 4) is 5.82 Å². The van der Waals surface area contributed by atoms with Crippen molar-refractivity contribution in [1.29, 1.82) is 0 Å². The van der Waals surface area contributed by atoms with Crippen LogP contribution in [0.4, 0.5) is 14.9 Å². The zero-order valence-corrected chi connectivity index (χ0v) is 17.7. The van der Waals surface area contributed by atoms with Gasteiger partial charge in [0.25, 0.3) is 0 Å². The Hall–Kier alpha value is -3.80. The number of nitrogens with one attached hydrogen (secondary N) is 2. The number of barbiturate groups is 1. The van der Waals surface area contributed by atoms with Gasteiger partial charge in [0.1, 0.15) is 0 Å². The van der Waals surface area contributed by atoms with Crippen LogP contribution in [-0.2, 0) is 20.7 Å². The van der Waals surface area contributed by atoms with E-state index < -0.39 is 41.2 Å². The van der Waals surface area contributed by atoms with E-state index in [4.69, 9.17) is 9.26 Å². The molecule has 3 aromatic rings. The number of carbonyl (C=O) groups excluding carboxylic acids is 3. The van der Waals surface area contributed by atoms with Crippen LogP contribution in [0.15, 0.2) is 29.0 Å². The number of halogens is 1. The van der Waals surface area contributed by atoms with Crippen molar-refractivity contribution in [1.82, 2.24) is 25.6 Å². The molecule has 3 atom stereocenters. The lowest BCUT2D eigenvalue weighted by molar-refractivity contribution is -0.153. The van der Waals surface area contributed by atoms with Crippen molar-refractivity contribution in [3.63, 3.8) is 0 Å². The summed E-state index contributed by atoms with van der Waals surface area (Å²) in [6.45, 7) is 3.80. The molecular formula is C21H19FN6O5. The molecule has 5 heterocycles. The Labute approximate surface area is 185 Å². The standard InChI is InChI=1S/C21H19FN6O5/c1-9-8-27-14-11(6-12-15(13(14)22)33-26-17(12)28-5-3-4-23-28)7-21(16(27)10(2)32-9)18(29)24-20(31)25-19(21)30/h3-6,9-10,16H,7-8H2,1-2H3,(H2,24,25,29,30,31)/t9-,10+,16-/m1/s1. The lowest BCUT2D eigenvalue weighted by atomic mass is 9.66. The van der Waals surface area contributed by atoms with E-state index in [9.17, 15) is 14.4 Å². The number of imide groups is 2. The number of morpholine rings is 1. The molecule has 0 unspecified atom stereocenters. The molecule has 0 radical (unpaired) electrons. The smallest absolute Gasteiger partial charge is 0.328 e. The van der Waals surface area contributed by atoms with E-state index in [2.05, 4.69) is 20.9 Å². The molecule has 0 bridgehead atoms. The fourth-order valence-corrected chi connectivity index (χ4v) is 5.50. The molecule has 170 valence electrons. The highest BCUT2D eigenvalue weighted by atomic mass is 19.1. The molecule has 6 rings (SSSR count). The summed E-state index contributed by atoms with van der Waals surface area (Å²) in [6, 6.07) is 1.64.